The van der Waals surface area contributed by atoms with E-state index in [0.29, 0.717) is 12.3 Å². The molecule has 2 N–H and O–H groups in total. The molecule has 0 saturated carbocycles. The molecular weight excluding hydrogens is 262 g/mol. The van der Waals surface area contributed by atoms with Gasteiger partial charge in [-0.25, -0.2) is 0 Å². The van der Waals surface area contributed by atoms with Crippen molar-refractivity contribution >= 4 is 5.69 Å². The van der Waals surface area contributed by atoms with Crippen LogP contribution in [0.2, 0.25) is 0 Å². The number of hydrogen-bond donors (Lipinski definition) is 2. The molecule has 3 heteroatoms. The summed E-state index contributed by atoms with van der Waals surface area (Å²) in [5.74, 6) is 1.24. The second-order valence-corrected chi connectivity index (χ2v) is 5.58. The minimum absolute atomic E-state index is 0.174. The molecule has 0 saturated heterocycles. The van der Waals surface area contributed by atoms with Crippen molar-refractivity contribution in [3.8, 4) is 11.5 Å². The second kappa shape index (κ2) is 6.53. The predicted octanol–water partition coefficient (Wildman–Crippen LogP) is 4.41. The molecule has 0 atom stereocenters. The number of hydrogen-bond acceptors (Lipinski definition) is 3. The number of phenolic OH excluding ortho intramolecular Hbond substituents is 1. The Morgan fingerprint density at radius 1 is 1.10 bits per heavy atom. The molecule has 0 bridgehead atoms. The number of anilines is 1. The number of para-hydroxylation sites is 1. The minimum Gasteiger partial charge on any atom is -0.507 e. The van der Waals surface area contributed by atoms with E-state index in [0.717, 1.165) is 28.1 Å². The third kappa shape index (κ3) is 3.91. The third-order valence-electron chi connectivity index (χ3n) is 3.36. The van der Waals surface area contributed by atoms with Crippen LogP contribution in [-0.4, -0.2) is 11.2 Å². The Labute approximate surface area is 126 Å². The number of aryl methyl sites for hydroxylation is 2. The van der Waals surface area contributed by atoms with E-state index in [-0.39, 0.29) is 6.10 Å². The number of ether oxygens (including phenoxy) is 1. The van der Waals surface area contributed by atoms with Gasteiger partial charge < -0.3 is 15.2 Å². The highest BCUT2D eigenvalue weighted by atomic mass is 16.5. The zero-order valence-corrected chi connectivity index (χ0v) is 13.1. The van der Waals surface area contributed by atoms with Gasteiger partial charge in [-0.15, -0.1) is 0 Å². The maximum Gasteiger partial charge on any atom is 0.123 e. The highest BCUT2D eigenvalue weighted by Gasteiger charge is 2.06. The van der Waals surface area contributed by atoms with Gasteiger partial charge in [-0.05, 0) is 57.0 Å². The van der Waals surface area contributed by atoms with Crippen LogP contribution in [0.3, 0.4) is 0 Å². The molecule has 2 aromatic rings. The van der Waals surface area contributed by atoms with Gasteiger partial charge >= 0.3 is 0 Å². The van der Waals surface area contributed by atoms with Crippen molar-refractivity contribution in [3.05, 3.63) is 53.1 Å². The van der Waals surface area contributed by atoms with E-state index >= 15 is 0 Å². The average Bonchev–Trinajstić information content (AvgIpc) is 2.41. The number of benzene rings is 2. The van der Waals surface area contributed by atoms with Crippen molar-refractivity contribution in [2.75, 3.05) is 5.32 Å². The van der Waals surface area contributed by atoms with Crippen molar-refractivity contribution in [3.63, 3.8) is 0 Å². The number of aromatic hydroxyl groups is 1. The lowest BCUT2D eigenvalue weighted by molar-refractivity contribution is 0.242. The fraction of sp³-hybridized carbons (Fsp3) is 0.333. The van der Waals surface area contributed by atoms with Crippen LogP contribution in [0.5, 0.6) is 11.5 Å². The van der Waals surface area contributed by atoms with E-state index in [4.69, 9.17) is 4.74 Å². The first kappa shape index (κ1) is 15.2. The van der Waals surface area contributed by atoms with Crippen LogP contribution in [0, 0.1) is 13.8 Å². The molecule has 3 nitrogen and oxygen atoms in total. The van der Waals surface area contributed by atoms with Gasteiger partial charge in [0.1, 0.15) is 11.5 Å². The first-order valence-electron chi connectivity index (χ1n) is 7.26. The molecule has 0 radical (unpaired) electrons. The lowest BCUT2D eigenvalue weighted by Crippen LogP contribution is -2.06. The van der Waals surface area contributed by atoms with Crippen LogP contribution >= 0.6 is 0 Å². The molecule has 21 heavy (non-hydrogen) atoms. The first-order chi connectivity index (χ1) is 9.97. The van der Waals surface area contributed by atoms with Crippen LogP contribution in [0.25, 0.3) is 0 Å². The zero-order valence-electron chi connectivity index (χ0n) is 13.1. The summed E-state index contributed by atoms with van der Waals surface area (Å²) in [5.41, 5.74) is 3.97. The average molecular weight is 285 g/mol. The number of nitrogens with one attached hydrogen (secondary N) is 1. The smallest absolute Gasteiger partial charge is 0.123 e. The summed E-state index contributed by atoms with van der Waals surface area (Å²) >= 11 is 0. The Morgan fingerprint density at radius 3 is 2.52 bits per heavy atom. The lowest BCUT2D eigenvalue weighted by Gasteiger charge is -2.14. The Bertz CT molecular complexity index is 621. The van der Waals surface area contributed by atoms with Gasteiger partial charge in [0, 0.05) is 17.8 Å². The zero-order chi connectivity index (χ0) is 15.4. The lowest BCUT2D eigenvalue weighted by atomic mass is 10.1. The molecule has 0 heterocycles. The number of rotatable bonds is 5. The third-order valence-corrected chi connectivity index (χ3v) is 3.36. The first-order valence-corrected chi connectivity index (χ1v) is 7.26. The van der Waals surface area contributed by atoms with Crippen molar-refractivity contribution in [2.24, 2.45) is 0 Å². The molecule has 0 aliphatic carbocycles. The maximum absolute atomic E-state index is 10.0. The van der Waals surface area contributed by atoms with Gasteiger partial charge in [0.2, 0.25) is 0 Å². The molecule has 2 rings (SSSR count). The van der Waals surface area contributed by atoms with Crippen LogP contribution in [-0.2, 0) is 6.54 Å². The quantitative estimate of drug-likeness (QED) is 0.855. The SMILES string of the molecule is Cc1cc(OC(C)C)ccc1NCc1cccc(C)c1O. The summed E-state index contributed by atoms with van der Waals surface area (Å²) in [6.07, 6.45) is 0.174. The molecule has 0 aromatic heterocycles. The van der Waals surface area contributed by atoms with Gasteiger partial charge in [-0.2, -0.15) is 0 Å². The maximum atomic E-state index is 10.0. The molecule has 0 fully saturated rings. The largest absolute Gasteiger partial charge is 0.507 e. The summed E-state index contributed by atoms with van der Waals surface area (Å²) in [7, 11) is 0. The van der Waals surface area contributed by atoms with Gasteiger partial charge in [-0.3, -0.25) is 0 Å². The van der Waals surface area contributed by atoms with E-state index < -0.39 is 0 Å². The summed E-state index contributed by atoms with van der Waals surface area (Å²) in [6.45, 7) is 8.58. The Morgan fingerprint density at radius 2 is 1.86 bits per heavy atom. The summed E-state index contributed by atoms with van der Waals surface area (Å²) in [5, 5.41) is 13.4. The van der Waals surface area contributed by atoms with Gasteiger partial charge in [-0.1, -0.05) is 18.2 Å². The fourth-order valence-electron chi connectivity index (χ4n) is 2.23. The summed E-state index contributed by atoms with van der Waals surface area (Å²) in [6, 6.07) is 11.8. The monoisotopic (exact) mass is 285 g/mol. The van der Waals surface area contributed by atoms with E-state index in [1.54, 1.807) is 0 Å². The van der Waals surface area contributed by atoms with Crippen LogP contribution in [0.15, 0.2) is 36.4 Å². The predicted molar refractivity (Wildman–Crippen MR) is 87.1 cm³/mol. The fourth-order valence-corrected chi connectivity index (χ4v) is 2.23. The molecule has 0 amide bonds. The normalized spacial score (nSPS) is 10.7. The molecule has 0 aliphatic heterocycles. The highest BCUT2D eigenvalue weighted by molar-refractivity contribution is 5.54. The topological polar surface area (TPSA) is 41.5 Å². The van der Waals surface area contributed by atoms with E-state index in [1.807, 2.05) is 64.1 Å². The second-order valence-electron chi connectivity index (χ2n) is 5.58. The summed E-state index contributed by atoms with van der Waals surface area (Å²) < 4.78 is 5.68. The van der Waals surface area contributed by atoms with Crippen molar-refractivity contribution in [1.82, 2.24) is 0 Å². The molecule has 0 spiro atoms. The standard InChI is InChI=1S/C18H23NO2/c1-12(2)21-16-8-9-17(14(4)10-16)19-11-15-7-5-6-13(3)18(15)20/h5-10,12,19-20H,11H2,1-4H3. The minimum atomic E-state index is 0.174. The van der Waals surface area contributed by atoms with E-state index in [2.05, 4.69) is 5.32 Å². The van der Waals surface area contributed by atoms with Crippen molar-refractivity contribution < 1.29 is 9.84 Å². The van der Waals surface area contributed by atoms with Gasteiger partial charge in [0.05, 0.1) is 6.10 Å². The molecule has 0 aliphatic rings. The molecule has 0 unspecified atom stereocenters. The highest BCUT2D eigenvalue weighted by Crippen LogP contribution is 2.25. The Balaban J connectivity index is 2.08. The van der Waals surface area contributed by atoms with Crippen LogP contribution < -0.4 is 10.1 Å². The Kier molecular flexibility index (Phi) is 4.73. The van der Waals surface area contributed by atoms with Crippen LogP contribution in [0.4, 0.5) is 5.69 Å². The molecule has 112 valence electrons. The van der Waals surface area contributed by atoms with E-state index in [9.17, 15) is 5.11 Å². The van der Waals surface area contributed by atoms with E-state index in [1.165, 1.54) is 0 Å². The van der Waals surface area contributed by atoms with Gasteiger partial charge in [0.25, 0.3) is 0 Å². The van der Waals surface area contributed by atoms with Crippen molar-refractivity contribution in [2.45, 2.75) is 40.3 Å². The van der Waals surface area contributed by atoms with Gasteiger partial charge in [0.15, 0.2) is 0 Å². The molecule has 2 aromatic carbocycles. The summed E-state index contributed by atoms with van der Waals surface area (Å²) in [4.78, 5) is 0. The van der Waals surface area contributed by atoms with Crippen molar-refractivity contribution in [1.29, 1.82) is 0 Å². The number of phenols is 1. The molecular formula is C18H23NO2. The van der Waals surface area contributed by atoms with Crippen LogP contribution in [0.1, 0.15) is 30.5 Å². The Hall–Kier alpha value is -2.16.